The van der Waals surface area contributed by atoms with Gasteiger partial charge in [0, 0.05) is 19.7 Å². The van der Waals surface area contributed by atoms with Crippen molar-refractivity contribution in [2.75, 3.05) is 26.8 Å². The van der Waals surface area contributed by atoms with Gasteiger partial charge < -0.3 is 14.9 Å². The van der Waals surface area contributed by atoms with Gasteiger partial charge in [0.25, 0.3) is 0 Å². The second kappa shape index (κ2) is 6.98. The summed E-state index contributed by atoms with van der Waals surface area (Å²) < 4.78 is 4.98. The van der Waals surface area contributed by atoms with Crippen molar-refractivity contribution in [3.63, 3.8) is 0 Å². The molecule has 5 heteroatoms. The Morgan fingerprint density at radius 2 is 2.22 bits per heavy atom. The minimum absolute atomic E-state index is 0.0554. The molecule has 0 fully saturated rings. The molecule has 0 saturated carbocycles. The molecule has 1 aromatic carbocycles. The molecule has 0 spiro atoms. The highest BCUT2D eigenvalue weighted by molar-refractivity contribution is 5.69. The number of carboxylic acid groups (broad SMARTS) is 1. The second-order valence-corrected chi connectivity index (χ2v) is 4.13. The topological polar surface area (TPSA) is 70.0 Å². The quantitative estimate of drug-likeness (QED) is 0.770. The fourth-order valence-electron chi connectivity index (χ4n) is 1.79. The first-order valence-electron chi connectivity index (χ1n) is 5.78. The molecule has 0 saturated heterocycles. The zero-order valence-electron chi connectivity index (χ0n) is 10.7. The van der Waals surface area contributed by atoms with E-state index in [4.69, 9.17) is 9.84 Å². The molecule has 1 unspecified atom stereocenters. The monoisotopic (exact) mass is 253 g/mol. The van der Waals surface area contributed by atoms with Crippen molar-refractivity contribution in [3.8, 4) is 5.75 Å². The van der Waals surface area contributed by atoms with Crippen LogP contribution in [-0.4, -0.2) is 47.9 Å². The van der Waals surface area contributed by atoms with Crippen LogP contribution in [0.2, 0.25) is 0 Å². The standard InChI is InChI=1S/C13H19NO4/c1-10(11-4-3-5-12(15)8-11)14(6-7-18-2)9-13(16)17/h3-5,8,10,15H,6-7,9H2,1-2H3,(H,16,17). The average molecular weight is 253 g/mol. The van der Waals surface area contributed by atoms with Gasteiger partial charge in [-0.15, -0.1) is 0 Å². The van der Waals surface area contributed by atoms with Gasteiger partial charge in [-0.3, -0.25) is 9.69 Å². The molecule has 0 aromatic heterocycles. The Hall–Kier alpha value is -1.59. The van der Waals surface area contributed by atoms with Crippen molar-refractivity contribution in [3.05, 3.63) is 29.8 Å². The highest BCUT2D eigenvalue weighted by Crippen LogP contribution is 2.22. The normalized spacial score (nSPS) is 12.6. The van der Waals surface area contributed by atoms with Gasteiger partial charge in [0.15, 0.2) is 0 Å². The third kappa shape index (κ3) is 4.35. The van der Waals surface area contributed by atoms with Crippen molar-refractivity contribution in [1.82, 2.24) is 4.90 Å². The molecule has 0 bridgehead atoms. The number of aromatic hydroxyl groups is 1. The van der Waals surface area contributed by atoms with E-state index in [9.17, 15) is 9.90 Å². The molecule has 0 radical (unpaired) electrons. The molecule has 100 valence electrons. The molecule has 1 aromatic rings. The first-order chi connectivity index (χ1) is 8.54. The van der Waals surface area contributed by atoms with E-state index >= 15 is 0 Å². The minimum atomic E-state index is -0.877. The van der Waals surface area contributed by atoms with Gasteiger partial charge in [-0.2, -0.15) is 0 Å². The summed E-state index contributed by atoms with van der Waals surface area (Å²) >= 11 is 0. The van der Waals surface area contributed by atoms with E-state index in [-0.39, 0.29) is 18.3 Å². The van der Waals surface area contributed by atoms with Crippen molar-refractivity contribution < 1.29 is 19.7 Å². The number of aliphatic carboxylic acids is 1. The highest BCUT2D eigenvalue weighted by atomic mass is 16.5. The third-order valence-electron chi connectivity index (χ3n) is 2.82. The Balaban J connectivity index is 2.79. The minimum Gasteiger partial charge on any atom is -0.508 e. The number of hydrogen-bond donors (Lipinski definition) is 2. The summed E-state index contributed by atoms with van der Waals surface area (Å²) in [4.78, 5) is 12.6. The zero-order valence-corrected chi connectivity index (χ0v) is 10.7. The van der Waals surface area contributed by atoms with E-state index in [1.807, 2.05) is 13.0 Å². The predicted molar refractivity (Wildman–Crippen MR) is 67.6 cm³/mol. The summed E-state index contributed by atoms with van der Waals surface area (Å²) in [7, 11) is 1.58. The molecular weight excluding hydrogens is 234 g/mol. The molecule has 0 amide bonds. The Kier molecular flexibility index (Phi) is 5.61. The van der Waals surface area contributed by atoms with E-state index in [0.717, 1.165) is 5.56 Å². The molecule has 1 rings (SSSR count). The molecule has 2 N–H and O–H groups in total. The van der Waals surface area contributed by atoms with Crippen molar-refractivity contribution in [1.29, 1.82) is 0 Å². The van der Waals surface area contributed by atoms with Gasteiger partial charge in [0.05, 0.1) is 13.2 Å². The first-order valence-corrected chi connectivity index (χ1v) is 5.78. The van der Waals surface area contributed by atoms with Crippen LogP contribution in [0.1, 0.15) is 18.5 Å². The van der Waals surface area contributed by atoms with Gasteiger partial charge in [-0.25, -0.2) is 0 Å². The number of hydrogen-bond acceptors (Lipinski definition) is 4. The van der Waals surface area contributed by atoms with E-state index in [1.54, 1.807) is 30.2 Å². The molecular formula is C13H19NO4. The summed E-state index contributed by atoms with van der Waals surface area (Å²) in [5, 5.41) is 18.3. The lowest BCUT2D eigenvalue weighted by atomic mass is 10.1. The number of phenolic OH excluding ortho intramolecular Hbond substituents is 1. The molecule has 0 aliphatic rings. The predicted octanol–water partition coefficient (Wildman–Crippen LogP) is 1.49. The molecule has 18 heavy (non-hydrogen) atoms. The maximum atomic E-state index is 10.8. The number of rotatable bonds is 7. The van der Waals surface area contributed by atoms with E-state index < -0.39 is 5.97 Å². The fourth-order valence-corrected chi connectivity index (χ4v) is 1.79. The SMILES string of the molecule is COCCN(CC(=O)O)C(C)c1cccc(O)c1. The maximum Gasteiger partial charge on any atom is 0.317 e. The molecule has 0 heterocycles. The van der Waals surface area contributed by atoms with Crippen LogP contribution >= 0.6 is 0 Å². The van der Waals surface area contributed by atoms with Crippen LogP contribution < -0.4 is 0 Å². The maximum absolute atomic E-state index is 10.8. The summed E-state index contributed by atoms with van der Waals surface area (Å²) in [6.07, 6.45) is 0. The lowest BCUT2D eigenvalue weighted by molar-refractivity contribution is -0.139. The van der Waals surface area contributed by atoms with Gasteiger partial charge >= 0.3 is 5.97 Å². The van der Waals surface area contributed by atoms with Gasteiger partial charge in [-0.1, -0.05) is 12.1 Å². The number of nitrogens with zero attached hydrogens (tertiary/aromatic N) is 1. The summed E-state index contributed by atoms with van der Waals surface area (Å²) in [5.41, 5.74) is 0.882. The first kappa shape index (κ1) is 14.5. The Morgan fingerprint density at radius 1 is 1.50 bits per heavy atom. The van der Waals surface area contributed by atoms with Crippen LogP contribution in [0, 0.1) is 0 Å². The average Bonchev–Trinajstić information content (AvgIpc) is 2.33. The van der Waals surface area contributed by atoms with E-state index in [2.05, 4.69) is 0 Å². The molecule has 5 nitrogen and oxygen atoms in total. The summed E-state index contributed by atoms with van der Waals surface area (Å²) in [5.74, 6) is -0.695. The number of phenols is 1. The van der Waals surface area contributed by atoms with Crippen LogP contribution in [0.15, 0.2) is 24.3 Å². The number of benzene rings is 1. The van der Waals surface area contributed by atoms with Crippen LogP contribution in [0.25, 0.3) is 0 Å². The van der Waals surface area contributed by atoms with Crippen molar-refractivity contribution in [2.45, 2.75) is 13.0 Å². The van der Waals surface area contributed by atoms with Crippen LogP contribution in [0.4, 0.5) is 0 Å². The number of ether oxygens (including phenoxy) is 1. The summed E-state index contributed by atoms with van der Waals surface area (Å²) in [6, 6.07) is 6.75. The largest absolute Gasteiger partial charge is 0.508 e. The third-order valence-corrected chi connectivity index (χ3v) is 2.82. The zero-order chi connectivity index (χ0) is 13.5. The molecule has 0 aliphatic carbocycles. The lowest BCUT2D eigenvalue weighted by Crippen LogP contribution is -2.34. The Morgan fingerprint density at radius 3 is 2.78 bits per heavy atom. The van der Waals surface area contributed by atoms with Crippen LogP contribution in [0.5, 0.6) is 5.75 Å². The van der Waals surface area contributed by atoms with Gasteiger partial charge in [0.1, 0.15) is 5.75 Å². The molecule has 0 aliphatic heterocycles. The Bertz CT molecular complexity index is 394. The van der Waals surface area contributed by atoms with Crippen LogP contribution in [0.3, 0.4) is 0 Å². The van der Waals surface area contributed by atoms with E-state index in [0.29, 0.717) is 13.2 Å². The smallest absolute Gasteiger partial charge is 0.317 e. The Labute approximate surface area is 107 Å². The van der Waals surface area contributed by atoms with E-state index in [1.165, 1.54) is 0 Å². The number of carbonyl (C=O) groups is 1. The second-order valence-electron chi connectivity index (χ2n) is 4.13. The highest BCUT2D eigenvalue weighted by Gasteiger charge is 2.18. The van der Waals surface area contributed by atoms with Gasteiger partial charge in [-0.05, 0) is 24.6 Å². The van der Waals surface area contributed by atoms with Crippen LogP contribution in [-0.2, 0) is 9.53 Å². The van der Waals surface area contributed by atoms with Gasteiger partial charge in [0.2, 0.25) is 0 Å². The number of carboxylic acids is 1. The number of methoxy groups -OCH3 is 1. The van der Waals surface area contributed by atoms with Crippen molar-refractivity contribution >= 4 is 5.97 Å². The molecule has 1 atom stereocenters. The fraction of sp³-hybridized carbons (Fsp3) is 0.462. The van der Waals surface area contributed by atoms with Crippen molar-refractivity contribution in [2.24, 2.45) is 0 Å². The summed E-state index contributed by atoms with van der Waals surface area (Å²) in [6.45, 7) is 2.85. The lowest BCUT2D eigenvalue weighted by Gasteiger charge is -2.27.